The fourth-order valence-electron chi connectivity index (χ4n) is 4.24. The van der Waals surface area contributed by atoms with Gasteiger partial charge in [0.1, 0.15) is 0 Å². The molecular weight excluding hydrogens is 320 g/mol. The van der Waals surface area contributed by atoms with Gasteiger partial charge in [0.05, 0.1) is 16.7 Å². The molecule has 4 rings (SSSR count). The Bertz CT molecular complexity index is 925. The van der Waals surface area contributed by atoms with Gasteiger partial charge in [0.25, 0.3) is 0 Å². The average molecular weight is 348 g/mol. The van der Waals surface area contributed by atoms with E-state index in [1.165, 1.54) is 47.2 Å². The van der Waals surface area contributed by atoms with Gasteiger partial charge in [0.15, 0.2) is 0 Å². The summed E-state index contributed by atoms with van der Waals surface area (Å²) in [6.45, 7) is 8.74. The molecule has 1 saturated heterocycles. The summed E-state index contributed by atoms with van der Waals surface area (Å²) < 4.78 is 2.21. The van der Waals surface area contributed by atoms with Crippen LogP contribution in [0.15, 0.2) is 30.3 Å². The summed E-state index contributed by atoms with van der Waals surface area (Å²) in [5, 5.41) is 3.59. The largest absolute Gasteiger partial charge is 0.370 e. The molecule has 1 N–H and O–H groups in total. The Kier molecular flexibility index (Phi) is 4.35. The minimum Gasteiger partial charge on any atom is -0.370 e. The van der Waals surface area contributed by atoms with E-state index in [0.717, 1.165) is 30.2 Å². The zero-order valence-electron chi connectivity index (χ0n) is 16.3. The van der Waals surface area contributed by atoms with Crippen molar-refractivity contribution in [2.75, 3.05) is 23.3 Å². The van der Waals surface area contributed by atoms with Gasteiger partial charge in [-0.25, -0.2) is 4.98 Å². The van der Waals surface area contributed by atoms with Crippen molar-refractivity contribution < 1.29 is 0 Å². The summed E-state index contributed by atoms with van der Waals surface area (Å²) in [5.74, 6) is 0.902. The molecule has 0 radical (unpaired) electrons. The molecule has 0 unspecified atom stereocenters. The third-order valence-electron chi connectivity index (χ3n) is 5.48. The number of piperidine rings is 1. The molecule has 4 heteroatoms. The van der Waals surface area contributed by atoms with Crippen molar-refractivity contribution in [2.45, 2.75) is 40.0 Å². The molecule has 0 spiro atoms. The highest BCUT2D eigenvalue weighted by Gasteiger charge is 2.18. The van der Waals surface area contributed by atoms with E-state index < -0.39 is 0 Å². The number of aryl methyl sites for hydroxylation is 4. The number of hydrogen-bond acceptors (Lipinski definition) is 3. The van der Waals surface area contributed by atoms with Crippen molar-refractivity contribution >= 4 is 28.4 Å². The number of anilines is 3. The smallest absolute Gasteiger partial charge is 0.208 e. The molecule has 4 nitrogen and oxygen atoms in total. The molecule has 0 atom stereocenters. The van der Waals surface area contributed by atoms with Crippen LogP contribution < -0.4 is 10.2 Å². The van der Waals surface area contributed by atoms with Gasteiger partial charge in [-0.2, -0.15) is 0 Å². The van der Waals surface area contributed by atoms with Gasteiger partial charge in [0.2, 0.25) is 5.95 Å². The lowest BCUT2D eigenvalue weighted by molar-refractivity contribution is 0.578. The molecule has 0 amide bonds. The summed E-state index contributed by atoms with van der Waals surface area (Å²) in [6, 6.07) is 10.9. The number of hydrogen-bond donors (Lipinski definition) is 1. The Morgan fingerprint density at radius 1 is 0.962 bits per heavy atom. The second-order valence-corrected chi connectivity index (χ2v) is 7.59. The minimum absolute atomic E-state index is 0.902. The maximum atomic E-state index is 4.89. The Balaban J connectivity index is 1.77. The number of benzene rings is 2. The Morgan fingerprint density at radius 3 is 2.35 bits per heavy atom. The standard InChI is InChI=1S/C22H28N4/c1-15-13-16(2)20(17(3)14-15)24-22-23-18-9-8-10-19(21(18)25(22)4)26-11-6-5-7-12-26/h8-10,13-14H,5-7,11-12H2,1-4H3,(H,23,24). The van der Waals surface area contributed by atoms with E-state index in [9.17, 15) is 0 Å². The predicted molar refractivity (Wildman–Crippen MR) is 111 cm³/mol. The average Bonchev–Trinajstić information content (AvgIpc) is 2.95. The van der Waals surface area contributed by atoms with E-state index in [0.29, 0.717) is 0 Å². The first kappa shape index (κ1) is 17.0. The van der Waals surface area contributed by atoms with Crippen LogP contribution in [-0.2, 0) is 7.05 Å². The summed E-state index contributed by atoms with van der Waals surface area (Å²) >= 11 is 0. The maximum absolute atomic E-state index is 4.89. The molecule has 2 aromatic carbocycles. The van der Waals surface area contributed by atoms with Crippen molar-refractivity contribution in [3.63, 3.8) is 0 Å². The van der Waals surface area contributed by atoms with Crippen molar-refractivity contribution in [2.24, 2.45) is 7.05 Å². The van der Waals surface area contributed by atoms with Crippen molar-refractivity contribution in [1.29, 1.82) is 0 Å². The summed E-state index contributed by atoms with van der Waals surface area (Å²) in [5.41, 5.74) is 8.55. The van der Waals surface area contributed by atoms with E-state index in [4.69, 9.17) is 4.98 Å². The topological polar surface area (TPSA) is 33.1 Å². The molecule has 1 aromatic heterocycles. The maximum Gasteiger partial charge on any atom is 0.208 e. The molecule has 0 saturated carbocycles. The van der Waals surface area contributed by atoms with Crippen molar-refractivity contribution in [3.8, 4) is 0 Å². The number of imidazole rings is 1. The normalized spacial score (nSPS) is 14.8. The SMILES string of the molecule is Cc1cc(C)c(Nc2nc3cccc(N4CCCCC4)c3n2C)c(C)c1. The molecule has 0 aliphatic carbocycles. The van der Waals surface area contributed by atoms with Crippen LogP contribution in [0.3, 0.4) is 0 Å². The lowest BCUT2D eigenvalue weighted by atomic mass is 10.1. The van der Waals surface area contributed by atoms with Gasteiger partial charge >= 0.3 is 0 Å². The van der Waals surface area contributed by atoms with Crippen LogP contribution in [0, 0.1) is 20.8 Å². The highest BCUT2D eigenvalue weighted by atomic mass is 15.2. The monoisotopic (exact) mass is 348 g/mol. The predicted octanol–water partition coefficient (Wildman–Crippen LogP) is 5.23. The number of para-hydroxylation sites is 1. The third kappa shape index (κ3) is 2.94. The van der Waals surface area contributed by atoms with Crippen LogP contribution in [-0.4, -0.2) is 22.6 Å². The number of nitrogens with one attached hydrogen (secondary N) is 1. The number of aromatic nitrogens is 2. The molecule has 0 bridgehead atoms. The Labute approximate surface area is 155 Å². The fraction of sp³-hybridized carbons (Fsp3) is 0.409. The van der Waals surface area contributed by atoms with Gasteiger partial charge in [-0.1, -0.05) is 23.8 Å². The second kappa shape index (κ2) is 6.67. The van der Waals surface area contributed by atoms with Crippen LogP contribution in [0.2, 0.25) is 0 Å². The van der Waals surface area contributed by atoms with Gasteiger partial charge in [-0.05, 0) is 63.3 Å². The van der Waals surface area contributed by atoms with Gasteiger partial charge in [-0.3, -0.25) is 0 Å². The summed E-state index contributed by atoms with van der Waals surface area (Å²) in [4.78, 5) is 7.41. The molecule has 136 valence electrons. The van der Waals surface area contributed by atoms with E-state index in [2.05, 4.69) is 72.9 Å². The lowest BCUT2D eigenvalue weighted by Crippen LogP contribution is -2.29. The van der Waals surface area contributed by atoms with E-state index >= 15 is 0 Å². The first-order valence-electron chi connectivity index (χ1n) is 9.60. The van der Waals surface area contributed by atoms with Crippen LogP contribution >= 0.6 is 0 Å². The van der Waals surface area contributed by atoms with Gasteiger partial charge in [-0.15, -0.1) is 0 Å². The second-order valence-electron chi connectivity index (χ2n) is 7.59. The number of fused-ring (bicyclic) bond motifs is 1. The van der Waals surface area contributed by atoms with Crippen LogP contribution in [0.5, 0.6) is 0 Å². The quantitative estimate of drug-likeness (QED) is 0.703. The van der Waals surface area contributed by atoms with Crippen LogP contribution in [0.25, 0.3) is 11.0 Å². The number of nitrogens with zero attached hydrogens (tertiary/aromatic N) is 3. The highest BCUT2D eigenvalue weighted by molar-refractivity contribution is 5.91. The zero-order valence-corrected chi connectivity index (χ0v) is 16.3. The van der Waals surface area contributed by atoms with E-state index in [1.54, 1.807) is 0 Å². The van der Waals surface area contributed by atoms with E-state index in [-0.39, 0.29) is 0 Å². The molecule has 3 aromatic rings. The van der Waals surface area contributed by atoms with Crippen LogP contribution in [0.4, 0.5) is 17.3 Å². The summed E-state index contributed by atoms with van der Waals surface area (Å²) in [6.07, 6.45) is 3.90. The zero-order chi connectivity index (χ0) is 18.3. The van der Waals surface area contributed by atoms with E-state index in [1.807, 2.05) is 0 Å². The third-order valence-corrected chi connectivity index (χ3v) is 5.48. The highest BCUT2D eigenvalue weighted by Crippen LogP contribution is 2.32. The van der Waals surface area contributed by atoms with Crippen molar-refractivity contribution in [1.82, 2.24) is 9.55 Å². The van der Waals surface area contributed by atoms with Gasteiger partial charge in [0, 0.05) is 25.8 Å². The molecule has 1 aliphatic rings. The van der Waals surface area contributed by atoms with Crippen LogP contribution in [0.1, 0.15) is 36.0 Å². The molecule has 26 heavy (non-hydrogen) atoms. The minimum atomic E-state index is 0.902. The Morgan fingerprint density at radius 2 is 1.65 bits per heavy atom. The molecule has 2 heterocycles. The molecular formula is C22H28N4. The first-order valence-corrected chi connectivity index (χ1v) is 9.60. The lowest BCUT2D eigenvalue weighted by Gasteiger charge is -2.29. The number of rotatable bonds is 3. The van der Waals surface area contributed by atoms with Gasteiger partial charge < -0.3 is 14.8 Å². The summed E-state index contributed by atoms with van der Waals surface area (Å²) in [7, 11) is 2.12. The fourth-order valence-corrected chi connectivity index (χ4v) is 4.24. The van der Waals surface area contributed by atoms with Crippen molar-refractivity contribution in [3.05, 3.63) is 47.0 Å². The first-order chi connectivity index (χ1) is 12.5. The molecule has 1 fully saturated rings. The Hall–Kier alpha value is -2.49. The molecule has 1 aliphatic heterocycles.